The number of carbonyl (C=O) groups is 1. The second kappa shape index (κ2) is 6.86. The van der Waals surface area contributed by atoms with Crippen LogP contribution in [0.2, 0.25) is 0 Å². The minimum absolute atomic E-state index is 0.440. The molecule has 100 valence electrons. The summed E-state index contributed by atoms with van der Waals surface area (Å²) in [5.74, 6) is 0.0577. The van der Waals surface area contributed by atoms with Crippen LogP contribution < -0.4 is 16.8 Å². The van der Waals surface area contributed by atoms with Crippen molar-refractivity contribution in [1.29, 1.82) is 0 Å². The van der Waals surface area contributed by atoms with Crippen LogP contribution in [0.4, 0.5) is 11.4 Å². The van der Waals surface area contributed by atoms with Crippen LogP contribution in [0.15, 0.2) is 18.2 Å². The van der Waals surface area contributed by atoms with Gasteiger partial charge in [0.25, 0.3) is 0 Å². The van der Waals surface area contributed by atoms with Gasteiger partial charge in [-0.25, -0.2) is 0 Å². The fourth-order valence-electron chi connectivity index (χ4n) is 1.44. The van der Waals surface area contributed by atoms with Gasteiger partial charge in [0.1, 0.15) is 0 Å². The predicted molar refractivity (Wildman–Crippen MR) is 73.5 cm³/mol. The molecule has 0 aromatic heterocycles. The van der Waals surface area contributed by atoms with E-state index in [4.69, 9.17) is 16.2 Å². The molecule has 0 atom stereocenters. The molecule has 18 heavy (non-hydrogen) atoms. The molecule has 0 spiro atoms. The van der Waals surface area contributed by atoms with E-state index >= 15 is 0 Å². The maximum atomic E-state index is 11.0. The number of benzene rings is 1. The number of anilines is 2. The van der Waals surface area contributed by atoms with Crippen LogP contribution in [0.3, 0.4) is 0 Å². The second-order valence-electron chi connectivity index (χ2n) is 4.56. The van der Waals surface area contributed by atoms with Crippen molar-refractivity contribution in [2.75, 3.05) is 30.8 Å². The fourth-order valence-corrected chi connectivity index (χ4v) is 1.44. The first-order valence-electron chi connectivity index (χ1n) is 6.01. The summed E-state index contributed by atoms with van der Waals surface area (Å²) in [6.07, 6.45) is 0. The highest BCUT2D eigenvalue weighted by Crippen LogP contribution is 2.19. The number of hydrogen-bond acceptors (Lipinski definition) is 4. The van der Waals surface area contributed by atoms with Gasteiger partial charge in [-0.1, -0.05) is 13.8 Å². The van der Waals surface area contributed by atoms with Gasteiger partial charge in [0.15, 0.2) is 0 Å². The van der Waals surface area contributed by atoms with E-state index in [1.165, 1.54) is 0 Å². The Morgan fingerprint density at radius 2 is 2.17 bits per heavy atom. The van der Waals surface area contributed by atoms with Gasteiger partial charge in [-0.15, -0.1) is 0 Å². The van der Waals surface area contributed by atoms with Crippen LogP contribution in [0.25, 0.3) is 0 Å². The number of nitrogens with two attached hydrogens (primary N) is 2. The lowest BCUT2D eigenvalue weighted by Crippen LogP contribution is -2.15. The van der Waals surface area contributed by atoms with E-state index in [2.05, 4.69) is 19.2 Å². The van der Waals surface area contributed by atoms with E-state index in [0.717, 1.165) is 6.61 Å². The van der Waals surface area contributed by atoms with Crippen molar-refractivity contribution in [3.8, 4) is 0 Å². The monoisotopic (exact) mass is 251 g/mol. The fraction of sp³-hybridized carbons (Fsp3) is 0.462. The van der Waals surface area contributed by atoms with Gasteiger partial charge in [0, 0.05) is 18.7 Å². The molecule has 1 aromatic rings. The summed E-state index contributed by atoms with van der Waals surface area (Å²) in [6, 6.07) is 4.93. The van der Waals surface area contributed by atoms with Gasteiger partial charge in [-0.2, -0.15) is 0 Å². The third-order valence-electron chi connectivity index (χ3n) is 2.35. The normalized spacial score (nSPS) is 10.6. The summed E-state index contributed by atoms with van der Waals surface area (Å²) in [6.45, 7) is 6.17. The molecule has 0 heterocycles. The van der Waals surface area contributed by atoms with Crippen molar-refractivity contribution in [3.63, 3.8) is 0 Å². The van der Waals surface area contributed by atoms with Crippen molar-refractivity contribution >= 4 is 17.3 Å². The summed E-state index contributed by atoms with van der Waals surface area (Å²) >= 11 is 0. The summed E-state index contributed by atoms with van der Waals surface area (Å²) in [5, 5.41) is 3.12. The van der Waals surface area contributed by atoms with Crippen LogP contribution in [-0.4, -0.2) is 25.7 Å². The summed E-state index contributed by atoms with van der Waals surface area (Å²) in [5.41, 5.74) is 12.7. The zero-order valence-electron chi connectivity index (χ0n) is 10.9. The smallest absolute Gasteiger partial charge is 0.248 e. The third-order valence-corrected chi connectivity index (χ3v) is 2.35. The molecule has 1 rings (SSSR count). The first-order chi connectivity index (χ1) is 8.50. The molecule has 1 amide bonds. The number of rotatable bonds is 7. The molecule has 0 bridgehead atoms. The molecule has 0 fully saturated rings. The number of hydrogen-bond donors (Lipinski definition) is 3. The Kier molecular flexibility index (Phi) is 5.45. The lowest BCUT2D eigenvalue weighted by molar-refractivity contribution is 0.100. The molecule has 0 unspecified atom stereocenters. The van der Waals surface area contributed by atoms with E-state index in [9.17, 15) is 4.79 Å². The highest BCUT2D eigenvalue weighted by molar-refractivity contribution is 5.94. The summed E-state index contributed by atoms with van der Waals surface area (Å²) in [4.78, 5) is 11.0. The van der Waals surface area contributed by atoms with Gasteiger partial charge < -0.3 is 21.5 Å². The van der Waals surface area contributed by atoms with Crippen molar-refractivity contribution in [2.45, 2.75) is 13.8 Å². The number of carbonyl (C=O) groups excluding carboxylic acids is 1. The van der Waals surface area contributed by atoms with Gasteiger partial charge in [-0.05, 0) is 24.1 Å². The lowest BCUT2D eigenvalue weighted by atomic mass is 10.1. The van der Waals surface area contributed by atoms with Gasteiger partial charge in [-0.3, -0.25) is 4.79 Å². The maximum Gasteiger partial charge on any atom is 0.248 e. The topological polar surface area (TPSA) is 90.4 Å². The predicted octanol–water partition coefficient (Wildman–Crippen LogP) is 1.45. The zero-order valence-corrected chi connectivity index (χ0v) is 10.9. The van der Waals surface area contributed by atoms with Crippen molar-refractivity contribution in [3.05, 3.63) is 23.8 Å². The Morgan fingerprint density at radius 3 is 2.78 bits per heavy atom. The molecule has 0 radical (unpaired) electrons. The number of amides is 1. The minimum atomic E-state index is -0.464. The van der Waals surface area contributed by atoms with E-state index < -0.39 is 5.91 Å². The van der Waals surface area contributed by atoms with E-state index in [-0.39, 0.29) is 0 Å². The van der Waals surface area contributed by atoms with Gasteiger partial charge >= 0.3 is 0 Å². The molecule has 5 heteroatoms. The average Bonchev–Trinajstić information content (AvgIpc) is 2.30. The van der Waals surface area contributed by atoms with Crippen LogP contribution in [-0.2, 0) is 4.74 Å². The highest BCUT2D eigenvalue weighted by atomic mass is 16.5. The summed E-state index contributed by atoms with van der Waals surface area (Å²) in [7, 11) is 0. The van der Waals surface area contributed by atoms with Crippen molar-refractivity contribution < 1.29 is 9.53 Å². The molecule has 0 saturated carbocycles. The van der Waals surface area contributed by atoms with Crippen molar-refractivity contribution in [2.24, 2.45) is 11.7 Å². The lowest BCUT2D eigenvalue weighted by Gasteiger charge is -2.11. The Labute approximate surface area is 107 Å². The zero-order chi connectivity index (χ0) is 13.5. The Balaban J connectivity index is 2.46. The third kappa shape index (κ3) is 4.63. The minimum Gasteiger partial charge on any atom is -0.397 e. The van der Waals surface area contributed by atoms with Crippen LogP contribution >= 0.6 is 0 Å². The van der Waals surface area contributed by atoms with Crippen molar-refractivity contribution in [1.82, 2.24) is 0 Å². The Morgan fingerprint density at radius 1 is 1.44 bits per heavy atom. The molecule has 5 N–H and O–H groups in total. The molecule has 5 nitrogen and oxygen atoms in total. The molecule has 0 saturated heterocycles. The van der Waals surface area contributed by atoms with Crippen LogP contribution in [0.5, 0.6) is 0 Å². The Hall–Kier alpha value is -1.75. The second-order valence-corrected chi connectivity index (χ2v) is 4.56. The Bertz CT molecular complexity index is 405. The number of nitrogen functional groups attached to an aromatic ring is 1. The van der Waals surface area contributed by atoms with E-state index in [0.29, 0.717) is 36.0 Å². The standard InChI is InChI=1S/C13H21N3O2/c1-9(2)8-18-6-5-16-12-7-10(13(15)17)3-4-11(12)14/h3-4,7,9,16H,5-6,8,14H2,1-2H3,(H2,15,17). The van der Waals surface area contributed by atoms with Crippen LogP contribution in [0.1, 0.15) is 24.2 Å². The molecule has 0 aliphatic carbocycles. The SMILES string of the molecule is CC(C)COCCNc1cc(C(N)=O)ccc1N. The van der Waals surface area contributed by atoms with E-state index in [1.807, 2.05) is 0 Å². The molecular formula is C13H21N3O2. The molecule has 0 aliphatic heterocycles. The average molecular weight is 251 g/mol. The van der Waals surface area contributed by atoms with Gasteiger partial charge in [0.05, 0.1) is 18.0 Å². The molecule has 0 aliphatic rings. The number of nitrogens with one attached hydrogen (secondary N) is 1. The largest absolute Gasteiger partial charge is 0.397 e. The van der Waals surface area contributed by atoms with E-state index in [1.54, 1.807) is 18.2 Å². The highest BCUT2D eigenvalue weighted by Gasteiger charge is 2.04. The molecule has 1 aromatic carbocycles. The quantitative estimate of drug-likeness (QED) is 0.505. The van der Waals surface area contributed by atoms with Crippen LogP contribution in [0, 0.1) is 5.92 Å². The summed E-state index contributed by atoms with van der Waals surface area (Å²) < 4.78 is 5.44. The van der Waals surface area contributed by atoms with Gasteiger partial charge in [0.2, 0.25) is 5.91 Å². The number of primary amides is 1. The first-order valence-corrected chi connectivity index (χ1v) is 6.01. The molecular weight excluding hydrogens is 230 g/mol. The number of ether oxygens (including phenoxy) is 1. The first kappa shape index (κ1) is 14.3. The maximum absolute atomic E-state index is 11.0.